The fraction of sp³-hybridized carbons (Fsp3) is 0.842. The molecule has 3 aliphatic rings. The van der Waals surface area contributed by atoms with Crippen molar-refractivity contribution in [1.82, 2.24) is 20.2 Å². The van der Waals surface area contributed by atoms with Crippen molar-refractivity contribution in [2.24, 2.45) is 0 Å². The Labute approximate surface area is 165 Å². The highest BCUT2D eigenvalue weighted by Crippen LogP contribution is 2.28. The van der Waals surface area contributed by atoms with Crippen molar-refractivity contribution in [3.63, 3.8) is 0 Å². The maximum absolute atomic E-state index is 12.7. The Kier molecular flexibility index (Phi) is 6.02. The molecule has 4 amide bonds. The Hall–Kier alpha value is -2.03. The van der Waals surface area contributed by atoms with Gasteiger partial charge in [0.25, 0.3) is 0 Å². The van der Waals surface area contributed by atoms with Crippen LogP contribution in [-0.2, 0) is 9.53 Å². The van der Waals surface area contributed by atoms with Crippen LogP contribution in [0.3, 0.4) is 0 Å². The lowest BCUT2D eigenvalue weighted by atomic mass is 9.98. The molecule has 9 nitrogen and oxygen atoms in total. The lowest BCUT2D eigenvalue weighted by Gasteiger charge is -2.33. The summed E-state index contributed by atoms with van der Waals surface area (Å²) in [7, 11) is 0. The second-order valence-corrected chi connectivity index (χ2v) is 8.98. The summed E-state index contributed by atoms with van der Waals surface area (Å²) in [6.07, 6.45) is 4.03. The van der Waals surface area contributed by atoms with Gasteiger partial charge in [0.15, 0.2) is 0 Å². The van der Waals surface area contributed by atoms with Gasteiger partial charge in [0, 0.05) is 25.7 Å². The molecule has 3 aliphatic heterocycles. The van der Waals surface area contributed by atoms with Gasteiger partial charge in [-0.15, -0.1) is 0 Å². The first-order valence-electron chi connectivity index (χ1n) is 10.2. The largest absolute Gasteiger partial charge is 0.444 e. The Morgan fingerprint density at radius 1 is 1.11 bits per heavy atom. The molecule has 2 bridgehead atoms. The molecule has 3 fully saturated rings. The summed E-state index contributed by atoms with van der Waals surface area (Å²) in [5.74, 6) is -0.142. The number of nitrogens with one attached hydrogen (secondary N) is 1. The molecule has 0 unspecified atom stereocenters. The van der Waals surface area contributed by atoms with E-state index in [9.17, 15) is 19.6 Å². The van der Waals surface area contributed by atoms with E-state index in [1.165, 1.54) is 4.90 Å². The first kappa shape index (κ1) is 20.7. The summed E-state index contributed by atoms with van der Waals surface area (Å²) in [5, 5.41) is 13.6. The zero-order valence-corrected chi connectivity index (χ0v) is 17.0. The molecule has 0 aromatic rings. The Bertz CT molecular complexity index is 610. The molecule has 0 aromatic heterocycles. The number of likely N-dealkylation sites (tertiary alicyclic amines) is 1. The number of nitrogens with zero attached hydrogens (tertiary/aromatic N) is 3. The van der Waals surface area contributed by atoms with Crippen molar-refractivity contribution in [3.05, 3.63) is 0 Å². The molecule has 0 spiro atoms. The van der Waals surface area contributed by atoms with Crippen LogP contribution in [0.1, 0.15) is 59.3 Å². The Morgan fingerprint density at radius 3 is 2.36 bits per heavy atom. The van der Waals surface area contributed by atoms with Crippen molar-refractivity contribution in [2.45, 2.75) is 83.0 Å². The predicted molar refractivity (Wildman–Crippen MR) is 101 cm³/mol. The van der Waals surface area contributed by atoms with Crippen LogP contribution < -0.4 is 5.32 Å². The summed E-state index contributed by atoms with van der Waals surface area (Å²) in [6.45, 7) is 7.19. The maximum Gasteiger partial charge on any atom is 0.410 e. The van der Waals surface area contributed by atoms with E-state index in [0.29, 0.717) is 32.5 Å². The van der Waals surface area contributed by atoms with E-state index in [4.69, 9.17) is 4.74 Å². The topological polar surface area (TPSA) is 102 Å². The number of piperidine rings is 1. The molecule has 0 saturated carbocycles. The number of carbonyl (C=O) groups excluding carboxylic acids is 3. The molecule has 158 valence electrons. The standard InChI is InChI=1S/C19H32N4O5/c1-19(2,3)28-18(26)21-10-4-6-13(7-5-11-21)20-16(24)15-9-8-14-12-22(15)17(25)23(14)27/h13-15,27H,4-12H2,1-3H3,(H,20,24)/t14-,15+/m1/s1. The van der Waals surface area contributed by atoms with Gasteiger partial charge < -0.3 is 19.9 Å². The third-order valence-corrected chi connectivity index (χ3v) is 5.61. The van der Waals surface area contributed by atoms with E-state index in [1.54, 1.807) is 4.90 Å². The van der Waals surface area contributed by atoms with Crippen LogP contribution in [0.2, 0.25) is 0 Å². The van der Waals surface area contributed by atoms with Crippen LogP contribution in [0.4, 0.5) is 9.59 Å². The van der Waals surface area contributed by atoms with Gasteiger partial charge in [0.1, 0.15) is 11.6 Å². The van der Waals surface area contributed by atoms with Gasteiger partial charge in [-0.3, -0.25) is 10.0 Å². The second-order valence-electron chi connectivity index (χ2n) is 8.98. The highest BCUT2D eigenvalue weighted by molar-refractivity contribution is 5.88. The smallest absolute Gasteiger partial charge is 0.410 e. The van der Waals surface area contributed by atoms with E-state index in [1.807, 2.05) is 20.8 Å². The van der Waals surface area contributed by atoms with Gasteiger partial charge in [0.2, 0.25) is 5.91 Å². The monoisotopic (exact) mass is 396 g/mol. The molecule has 28 heavy (non-hydrogen) atoms. The van der Waals surface area contributed by atoms with Crippen molar-refractivity contribution in [2.75, 3.05) is 19.6 Å². The number of urea groups is 1. The average molecular weight is 396 g/mol. The van der Waals surface area contributed by atoms with Crippen LogP contribution in [0.25, 0.3) is 0 Å². The van der Waals surface area contributed by atoms with Crippen LogP contribution in [0.5, 0.6) is 0 Å². The minimum atomic E-state index is -0.510. The summed E-state index contributed by atoms with van der Waals surface area (Å²) in [6, 6.07) is -1.15. The van der Waals surface area contributed by atoms with Crippen LogP contribution in [-0.4, -0.2) is 81.5 Å². The number of ether oxygens (including phenoxy) is 1. The molecule has 3 saturated heterocycles. The third kappa shape index (κ3) is 4.68. The SMILES string of the molecule is CC(C)(C)OC(=O)N1CCCC(NC(=O)[C@@H]2CC[C@@H]3CN2C(=O)N3O)CCC1. The quantitative estimate of drug-likeness (QED) is 0.695. The fourth-order valence-corrected chi connectivity index (χ4v) is 4.19. The molecule has 9 heteroatoms. The number of hydroxylamine groups is 2. The molecule has 2 atom stereocenters. The summed E-state index contributed by atoms with van der Waals surface area (Å²) < 4.78 is 5.45. The number of fused-ring (bicyclic) bond motifs is 2. The fourth-order valence-electron chi connectivity index (χ4n) is 4.19. The van der Waals surface area contributed by atoms with Crippen molar-refractivity contribution in [3.8, 4) is 0 Å². The molecular weight excluding hydrogens is 364 g/mol. The van der Waals surface area contributed by atoms with Crippen LogP contribution >= 0.6 is 0 Å². The van der Waals surface area contributed by atoms with E-state index >= 15 is 0 Å². The lowest BCUT2D eigenvalue weighted by molar-refractivity contribution is -0.127. The van der Waals surface area contributed by atoms with Gasteiger partial charge >= 0.3 is 12.1 Å². The summed E-state index contributed by atoms with van der Waals surface area (Å²) >= 11 is 0. The molecule has 2 N–H and O–H groups in total. The van der Waals surface area contributed by atoms with Gasteiger partial charge in [-0.1, -0.05) is 0 Å². The predicted octanol–water partition coefficient (Wildman–Crippen LogP) is 1.94. The second kappa shape index (κ2) is 8.14. The number of hydrogen-bond donors (Lipinski definition) is 2. The van der Waals surface area contributed by atoms with Crippen LogP contribution in [0.15, 0.2) is 0 Å². The maximum atomic E-state index is 12.7. The van der Waals surface area contributed by atoms with Crippen molar-refractivity contribution < 1.29 is 24.3 Å². The van der Waals surface area contributed by atoms with Gasteiger partial charge in [0.05, 0.1) is 6.04 Å². The molecule has 0 aromatic carbocycles. The zero-order valence-electron chi connectivity index (χ0n) is 17.0. The highest BCUT2D eigenvalue weighted by atomic mass is 16.6. The van der Waals surface area contributed by atoms with E-state index in [-0.39, 0.29) is 24.1 Å². The highest BCUT2D eigenvalue weighted by Gasteiger charge is 2.46. The number of rotatable bonds is 2. The molecule has 3 rings (SSSR count). The first-order chi connectivity index (χ1) is 13.2. The van der Waals surface area contributed by atoms with E-state index in [2.05, 4.69) is 5.32 Å². The Morgan fingerprint density at radius 2 is 1.75 bits per heavy atom. The molecular formula is C19H32N4O5. The molecule has 0 radical (unpaired) electrons. The minimum absolute atomic E-state index is 0.0361. The van der Waals surface area contributed by atoms with Gasteiger partial charge in [-0.05, 0) is 59.3 Å². The normalized spacial score (nSPS) is 26.7. The molecule has 3 heterocycles. The Balaban J connectivity index is 1.48. The first-order valence-corrected chi connectivity index (χ1v) is 10.2. The van der Waals surface area contributed by atoms with E-state index < -0.39 is 17.7 Å². The van der Waals surface area contributed by atoms with E-state index in [0.717, 1.165) is 30.7 Å². The summed E-state index contributed by atoms with van der Waals surface area (Å²) in [5.41, 5.74) is -0.508. The van der Waals surface area contributed by atoms with Gasteiger partial charge in [-0.25, -0.2) is 14.7 Å². The van der Waals surface area contributed by atoms with Crippen molar-refractivity contribution >= 4 is 18.0 Å². The number of carbonyl (C=O) groups is 3. The minimum Gasteiger partial charge on any atom is -0.444 e. The van der Waals surface area contributed by atoms with Crippen molar-refractivity contribution in [1.29, 1.82) is 0 Å². The zero-order chi connectivity index (χ0) is 20.5. The van der Waals surface area contributed by atoms with Gasteiger partial charge in [-0.2, -0.15) is 0 Å². The number of hydrogen-bond acceptors (Lipinski definition) is 5. The third-order valence-electron chi connectivity index (χ3n) is 5.61. The molecule has 0 aliphatic carbocycles. The summed E-state index contributed by atoms with van der Waals surface area (Å²) in [4.78, 5) is 40.3. The van der Waals surface area contributed by atoms with Crippen LogP contribution in [0, 0.1) is 0 Å². The average Bonchev–Trinajstić information content (AvgIpc) is 2.80. The number of amides is 4. The lowest BCUT2D eigenvalue weighted by Crippen LogP contribution is -2.52.